The van der Waals surface area contributed by atoms with Crippen LogP contribution in [0.25, 0.3) is 6.08 Å². The van der Waals surface area contributed by atoms with E-state index in [0.29, 0.717) is 23.7 Å². The number of barbiturate groups is 1. The third-order valence-corrected chi connectivity index (χ3v) is 5.82. The highest BCUT2D eigenvalue weighted by molar-refractivity contribution is 14.1. The predicted octanol–water partition coefficient (Wildman–Crippen LogP) is 5.06. The van der Waals surface area contributed by atoms with Gasteiger partial charge in [-0.2, -0.15) is 0 Å². The summed E-state index contributed by atoms with van der Waals surface area (Å²) in [4.78, 5) is 38.6. The number of halogens is 3. The quantitative estimate of drug-likeness (QED) is 0.296. The molecule has 1 aliphatic rings. The van der Waals surface area contributed by atoms with Crippen LogP contribution < -0.4 is 19.7 Å². The normalized spacial score (nSPS) is 15.3. The fourth-order valence-corrected chi connectivity index (χ4v) is 3.92. The van der Waals surface area contributed by atoms with Gasteiger partial charge in [0.2, 0.25) is 0 Å². The fourth-order valence-electron chi connectivity index (χ4n) is 2.85. The number of urea groups is 1. The number of benzene rings is 2. The molecule has 10 heteroatoms. The average molecular weight is 575 g/mol. The van der Waals surface area contributed by atoms with Gasteiger partial charge in [0.25, 0.3) is 11.8 Å². The number of anilines is 1. The van der Waals surface area contributed by atoms with Crippen molar-refractivity contribution in [2.75, 3.05) is 18.6 Å². The van der Waals surface area contributed by atoms with Crippen molar-refractivity contribution < 1.29 is 23.9 Å². The molecule has 0 spiro atoms. The minimum atomic E-state index is -0.874. The summed E-state index contributed by atoms with van der Waals surface area (Å²) in [6.07, 6.45) is 2.22. The molecule has 0 unspecified atom stereocenters. The summed E-state index contributed by atoms with van der Waals surface area (Å²) in [5.41, 5.74) is 0.503. The van der Waals surface area contributed by atoms with Crippen molar-refractivity contribution in [3.05, 3.63) is 55.1 Å². The Morgan fingerprint density at radius 3 is 2.52 bits per heavy atom. The monoisotopic (exact) mass is 574 g/mol. The maximum atomic E-state index is 13.0. The molecule has 0 saturated carbocycles. The van der Waals surface area contributed by atoms with Gasteiger partial charge in [-0.15, -0.1) is 0 Å². The molecule has 0 atom stereocenters. The second kappa shape index (κ2) is 9.88. The van der Waals surface area contributed by atoms with Gasteiger partial charge in [0.1, 0.15) is 5.57 Å². The number of amides is 4. The first-order chi connectivity index (χ1) is 14.8. The summed E-state index contributed by atoms with van der Waals surface area (Å²) in [6, 6.07) is 6.83. The van der Waals surface area contributed by atoms with Gasteiger partial charge in [0.05, 0.1) is 33.0 Å². The number of nitrogens with zero attached hydrogens (tertiary/aromatic N) is 1. The molecule has 2 aromatic rings. The maximum Gasteiger partial charge on any atom is 0.335 e. The zero-order valence-electron chi connectivity index (χ0n) is 16.5. The van der Waals surface area contributed by atoms with Gasteiger partial charge in [-0.05, 0) is 71.0 Å². The van der Waals surface area contributed by atoms with E-state index >= 15 is 0 Å². The van der Waals surface area contributed by atoms with Crippen LogP contribution in [0.4, 0.5) is 10.5 Å². The Morgan fingerprint density at radius 1 is 1.13 bits per heavy atom. The van der Waals surface area contributed by atoms with E-state index in [1.54, 1.807) is 12.1 Å². The molecule has 4 amide bonds. The molecule has 3 rings (SSSR count). The number of imide groups is 2. The molecule has 1 aliphatic heterocycles. The largest absolute Gasteiger partial charge is 0.493 e. The van der Waals surface area contributed by atoms with Crippen molar-refractivity contribution >= 4 is 75.4 Å². The first-order valence-corrected chi connectivity index (χ1v) is 11.0. The van der Waals surface area contributed by atoms with E-state index in [2.05, 4.69) is 27.9 Å². The molecule has 1 saturated heterocycles. The fraction of sp³-hybridized carbons (Fsp3) is 0.190. The molecule has 7 nitrogen and oxygen atoms in total. The van der Waals surface area contributed by atoms with Gasteiger partial charge in [-0.25, -0.2) is 9.69 Å². The number of carbonyl (C=O) groups is 3. The Hall–Kier alpha value is -2.30. The lowest BCUT2D eigenvalue weighted by Gasteiger charge is -2.26. The molecule has 1 fully saturated rings. The smallest absolute Gasteiger partial charge is 0.335 e. The van der Waals surface area contributed by atoms with E-state index in [4.69, 9.17) is 32.7 Å². The number of hydrogen-bond donors (Lipinski definition) is 1. The molecule has 0 bridgehead atoms. The molecular weight excluding hydrogens is 558 g/mol. The highest BCUT2D eigenvalue weighted by atomic mass is 127. The second-order valence-corrected chi connectivity index (χ2v) is 8.42. The third kappa shape index (κ3) is 4.97. The van der Waals surface area contributed by atoms with Gasteiger partial charge in [-0.1, -0.05) is 30.1 Å². The summed E-state index contributed by atoms with van der Waals surface area (Å²) in [6.45, 7) is 2.51. The predicted molar refractivity (Wildman–Crippen MR) is 127 cm³/mol. The van der Waals surface area contributed by atoms with E-state index in [9.17, 15) is 14.4 Å². The number of carbonyl (C=O) groups excluding carboxylic acids is 3. The van der Waals surface area contributed by atoms with Gasteiger partial charge in [0, 0.05) is 0 Å². The van der Waals surface area contributed by atoms with Crippen molar-refractivity contribution in [1.29, 1.82) is 0 Å². The zero-order valence-corrected chi connectivity index (χ0v) is 20.2. The van der Waals surface area contributed by atoms with E-state index in [-0.39, 0.29) is 21.3 Å². The molecule has 1 heterocycles. The molecule has 31 heavy (non-hydrogen) atoms. The third-order valence-electron chi connectivity index (χ3n) is 4.28. The molecule has 1 N–H and O–H groups in total. The van der Waals surface area contributed by atoms with Gasteiger partial charge >= 0.3 is 6.03 Å². The molecule has 0 aliphatic carbocycles. The molecule has 0 radical (unpaired) electrons. The van der Waals surface area contributed by atoms with E-state index in [1.807, 2.05) is 6.92 Å². The minimum Gasteiger partial charge on any atom is -0.493 e. The Balaban J connectivity index is 2.01. The number of methoxy groups -OCH3 is 1. The molecule has 162 valence electrons. The van der Waals surface area contributed by atoms with Crippen molar-refractivity contribution in [2.24, 2.45) is 0 Å². The molecule has 0 aromatic heterocycles. The van der Waals surface area contributed by atoms with Gasteiger partial charge < -0.3 is 9.47 Å². The molecule has 2 aromatic carbocycles. The Bertz CT molecular complexity index is 1100. The van der Waals surface area contributed by atoms with E-state index in [0.717, 1.165) is 14.9 Å². The van der Waals surface area contributed by atoms with Gasteiger partial charge in [-0.3, -0.25) is 14.9 Å². The lowest BCUT2D eigenvalue weighted by atomic mass is 10.1. The Labute approximate surface area is 202 Å². The van der Waals surface area contributed by atoms with Crippen LogP contribution in [0.1, 0.15) is 18.9 Å². The molecular formula is C21H17Cl2IN2O5. The first-order valence-electron chi connectivity index (χ1n) is 9.13. The van der Waals surface area contributed by atoms with Crippen molar-refractivity contribution in [3.8, 4) is 11.5 Å². The summed E-state index contributed by atoms with van der Waals surface area (Å²) in [5, 5.41) is 2.61. The van der Waals surface area contributed by atoms with Crippen LogP contribution in [0.3, 0.4) is 0 Å². The minimum absolute atomic E-state index is 0.171. The van der Waals surface area contributed by atoms with Crippen molar-refractivity contribution in [2.45, 2.75) is 13.3 Å². The lowest BCUT2D eigenvalue weighted by molar-refractivity contribution is -0.122. The number of hydrogen-bond acceptors (Lipinski definition) is 5. The average Bonchev–Trinajstić information content (AvgIpc) is 2.72. The van der Waals surface area contributed by atoms with Crippen LogP contribution in [-0.4, -0.2) is 31.6 Å². The van der Waals surface area contributed by atoms with Crippen molar-refractivity contribution in [3.63, 3.8) is 0 Å². The summed E-state index contributed by atoms with van der Waals surface area (Å²) < 4.78 is 11.9. The Morgan fingerprint density at radius 2 is 1.87 bits per heavy atom. The topological polar surface area (TPSA) is 84.9 Å². The summed E-state index contributed by atoms with van der Waals surface area (Å²) in [5.74, 6) is -0.536. The van der Waals surface area contributed by atoms with Crippen LogP contribution in [0.2, 0.25) is 10.0 Å². The van der Waals surface area contributed by atoms with E-state index < -0.39 is 17.8 Å². The highest BCUT2D eigenvalue weighted by Gasteiger charge is 2.37. The van der Waals surface area contributed by atoms with Crippen LogP contribution in [0, 0.1) is 3.57 Å². The van der Waals surface area contributed by atoms with Crippen LogP contribution >= 0.6 is 45.8 Å². The number of nitrogens with one attached hydrogen (secondary N) is 1. The lowest BCUT2D eigenvalue weighted by Crippen LogP contribution is -2.54. The Kier molecular flexibility index (Phi) is 7.45. The SMILES string of the molecule is CCCOc1c(I)cc(/C=C2\C(=O)NC(=O)N(c3ccc(Cl)c(Cl)c3)C2=O)cc1OC. The van der Waals surface area contributed by atoms with Crippen LogP contribution in [0.15, 0.2) is 35.9 Å². The number of rotatable bonds is 6. The van der Waals surface area contributed by atoms with Crippen LogP contribution in [-0.2, 0) is 9.59 Å². The number of ether oxygens (including phenoxy) is 2. The van der Waals surface area contributed by atoms with Crippen molar-refractivity contribution in [1.82, 2.24) is 5.32 Å². The maximum absolute atomic E-state index is 13.0. The first kappa shape index (κ1) is 23.4. The highest BCUT2D eigenvalue weighted by Crippen LogP contribution is 2.35. The van der Waals surface area contributed by atoms with Crippen LogP contribution in [0.5, 0.6) is 11.5 Å². The standard InChI is InChI=1S/C21H17Cl2IN2O5/c1-3-6-31-18-16(24)8-11(9-17(18)30-2)7-13-19(27)25-21(29)26(20(13)28)12-4-5-14(22)15(23)10-12/h4-5,7-10H,3,6H2,1-2H3,(H,25,27,29)/b13-7+. The summed E-state index contributed by atoms with van der Waals surface area (Å²) in [7, 11) is 1.50. The summed E-state index contributed by atoms with van der Waals surface area (Å²) >= 11 is 14.0. The second-order valence-electron chi connectivity index (χ2n) is 6.44. The zero-order chi connectivity index (χ0) is 22.7. The van der Waals surface area contributed by atoms with Gasteiger partial charge in [0.15, 0.2) is 11.5 Å². The van der Waals surface area contributed by atoms with E-state index in [1.165, 1.54) is 31.4 Å².